The number of benzene rings is 2. The number of nitrogens with one attached hydrogen (secondary N) is 1. The average Bonchev–Trinajstić information content (AvgIpc) is 3.21. The fourth-order valence-electron chi connectivity index (χ4n) is 2.40. The lowest BCUT2D eigenvalue weighted by atomic mass is 10.1. The van der Waals surface area contributed by atoms with E-state index in [1.807, 2.05) is 50.2 Å². The van der Waals surface area contributed by atoms with E-state index in [9.17, 15) is 10.1 Å². The number of carbonyl (C=O) groups excluding carboxylic acids is 1. The van der Waals surface area contributed by atoms with E-state index in [-0.39, 0.29) is 11.5 Å². The van der Waals surface area contributed by atoms with Crippen molar-refractivity contribution >= 4 is 28.5 Å². The van der Waals surface area contributed by atoms with Crippen LogP contribution >= 0.6 is 11.3 Å². The Morgan fingerprint density at radius 2 is 1.90 bits per heavy atom. The summed E-state index contributed by atoms with van der Waals surface area (Å²) in [5, 5.41) is 21.2. The fourth-order valence-corrected chi connectivity index (χ4v) is 3.14. The van der Waals surface area contributed by atoms with Crippen LogP contribution < -0.4 is 10.1 Å². The zero-order valence-electron chi connectivity index (χ0n) is 16.1. The predicted octanol–water partition coefficient (Wildman–Crippen LogP) is 4.79. The number of amides is 1. The molecule has 146 valence electrons. The molecule has 0 spiro atoms. The quantitative estimate of drug-likeness (QED) is 0.452. The van der Waals surface area contributed by atoms with Gasteiger partial charge in [-0.1, -0.05) is 67.6 Å². The van der Waals surface area contributed by atoms with Crippen molar-refractivity contribution in [2.24, 2.45) is 0 Å². The van der Waals surface area contributed by atoms with Gasteiger partial charge in [0.15, 0.2) is 0 Å². The maximum atomic E-state index is 12.4. The van der Waals surface area contributed by atoms with Crippen LogP contribution in [-0.4, -0.2) is 16.1 Å². The van der Waals surface area contributed by atoms with Gasteiger partial charge in [-0.3, -0.25) is 10.1 Å². The minimum atomic E-state index is -0.511. The minimum Gasteiger partial charge on any atom is -0.489 e. The molecular formula is C22H20N4O2S. The standard InChI is InChI=1S/C22H20N4O2S/c1-15(2)21-25-26-22(29-21)24-20(27)18(13-23)12-16-8-10-19(11-9-16)28-14-17-6-4-3-5-7-17/h3-12,15H,14H2,1-2H3,(H,24,26,27)/b18-12-. The molecule has 2 aromatic carbocycles. The molecule has 0 bridgehead atoms. The Hall–Kier alpha value is -3.50. The molecule has 0 atom stereocenters. The summed E-state index contributed by atoms with van der Waals surface area (Å²) in [4.78, 5) is 12.4. The Morgan fingerprint density at radius 3 is 2.52 bits per heavy atom. The van der Waals surface area contributed by atoms with Crippen LogP contribution in [0.2, 0.25) is 0 Å². The number of carbonyl (C=O) groups is 1. The number of hydrogen-bond donors (Lipinski definition) is 1. The number of nitriles is 1. The summed E-state index contributed by atoms with van der Waals surface area (Å²) in [6.07, 6.45) is 1.53. The zero-order valence-corrected chi connectivity index (χ0v) is 16.9. The van der Waals surface area contributed by atoms with Crippen molar-refractivity contribution in [3.05, 3.63) is 76.3 Å². The minimum absolute atomic E-state index is 0.00995. The summed E-state index contributed by atoms with van der Waals surface area (Å²) in [7, 11) is 0. The van der Waals surface area contributed by atoms with Crippen molar-refractivity contribution in [2.75, 3.05) is 5.32 Å². The second-order valence-corrected chi connectivity index (χ2v) is 7.58. The highest BCUT2D eigenvalue weighted by Crippen LogP contribution is 2.23. The lowest BCUT2D eigenvalue weighted by molar-refractivity contribution is -0.112. The monoisotopic (exact) mass is 404 g/mol. The van der Waals surface area contributed by atoms with Crippen LogP contribution in [0.15, 0.2) is 60.2 Å². The maximum Gasteiger partial charge on any atom is 0.268 e. The van der Waals surface area contributed by atoms with Gasteiger partial charge < -0.3 is 4.74 Å². The molecule has 0 saturated heterocycles. The zero-order chi connectivity index (χ0) is 20.6. The molecular weight excluding hydrogens is 384 g/mol. The molecule has 0 unspecified atom stereocenters. The molecule has 0 aliphatic heterocycles. The molecule has 7 heteroatoms. The van der Waals surface area contributed by atoms with Gasteiger partial charge in [-0.2, -0.15) is 5.26 Å². The molecule has 1 amide bonds. The first-order valence-electron chi connectivity index (χ1n) is 9.08. The van der Waals surface area contributed by atoms with Gasteiger partial charge in [-0.15, -0.1) is 10.2 Å². The first-order chi connectivity index (χ1) is 14.0. The van der Waals surface area contributed by atoms with Crippen LogP contribution in [0.4, 0.5) is 5.13 Å². The molecule has 29 heavy (non-hydrogen) atoms. The van der Waals surface area contributed by atoms with Gasteiger partial charge in [-0.25, -0.2) is 0 Å². The van der Waals surface area contributed by atoms with E-state index in [0.717, 1.165) is 16.1 Å². The number of rotatable bonds is 7. The van der Waals surface area contributed by atoms with Crippen LogP contribution in [0.25, 0.3) is 6.08 Å². The highest BCUT2D eigenvalue weighted by atomic mass is 32.1. The molecule has 0 aliphatic rings. The maximum absolute atomic E-state index is 12.4. The summed E-state index contributed by atoms with van der Waals surface area (Å²) < 4.78 is 5.75. The van der Waals surface area contributed by atoms with E-state index in [0.29, 0.717) is 17.5 Å². The molecule has 0 saturated carbocycles. The van der Waals surface area contributed by atoms with Crippen LogP contribution in [0.5, 0.6) is 5.75 Å². The van der Waals surface area contributed by atoms with Crippen molar-refractivity contribution in [1.29, 1.82) is 5.26 Å². The molecule has 1 aromatic heterocycles. The molecule has 0 radical (unpaired) electrons. The number of anilines is 1. The van der Waals surface area contributed by atoms with E-state index >= 15 is 0 Å². The molecule has 3 rings (SSSR count). The summed E-state index contributed by atoms with van der Waals surface area (Å²) in [6, 6.07) is 19.0. The number of hydrogen-bond acceptors (Lipinski definition) is 6. The average molecular weight is 404 g/mol. The number of ether oxygens (including phenoxy) is 1. The molecule has 1 N–H and O–H groups in total. The predicted molar refractivity (Wildman–Crippen MR) is 113 cm³/mol. The van der Waals surface area contributed by atoms with Gasteiger partial charge in [0.25, 0.3) is 5.91 Å². The topological polar surface area (TPSA) is 87.9 Å². The highest BCUT2D eigenvalue weighted by molar-refractivity contribution is 7.15. The second-order valence-electron chi connectivity index (χ2n) is 6.57. The highest BCUT2D eigenvalue weighted by Gasteiger charge is 2.14. The summed E-state index contributed by atoms with van der Waals surface area (Å²) in [5.74, 6) is 0.430. The lowest BCUT2D eigenvalue weighted by Crippen LogP contribution is -2.13. The van der Waals surface area contributed by atoms with Crippen molar-refractivity contribution in [1.82, 2.24) is 10.2 Å². The Kier molecular flexibility index (Phi) is 6.72. The van der Waals surface area contributed by atoms with Crippen LogP contribution in [0, 0.1) is 11.3 Å². The Bertz CT molecular complexity index is 1030. The number of nitrogens with zero attached hydrogens (tertiary/aromatic N) is 3. The van der Waals surface area contributed by atoms with Gasteiger partial charge in [0.2, 0.25) is 5.13 Å². The second kappa shape index (κ2) is 9.62. The first kappa shape index (κ1) is 20.2. The summed E-state index contributed by atoms with van der Waals surface area (Å²) >= 11 is 1.30. The third kappa shape index (κ3) is 5.74. The van der Waals surface area contributed by atoms with Gasteiger partial charge in [0.05, 0.1) is 0 Å². The van der Waals surface area contributed by atoms with Crippen molar-refractivity contribution in [3.8, 4) is 11.8 Å². The van der Waals surface area contributed by atoms with Gasteiger partial charge >= 0.3 is 0 Å². The van der Waals surface area contributed by atoms with Crippen molar-refractivity contribution < 1.29 is 9.53 Å². The number of aromatic nitrogens is 2. The molecule has 0 fully saturated rings. The smallest absolute Gasteiger partial charge is 0.268 e. The summed E-state index contributed by atoms with van der Waals surface area (Å²) in [6.45, 7) is 4.47. The SMILES string of the molecule is CC(C)c1nnc(NC(=O)/C(C#N)=C\c2ccc(OCc3ccccc3)cc2)s1. The van der Waals surface area contributed by atoms with Gasteiger partial charge in [0, 0.05) is 5.92 Å². The normalized spacial score (nSPS) is 11.2. The molecule has 3 aromatic rings. The molecule has 1 heterocycles. The van der Waals surface area contributed by atoms with Gasteiger partial charge in [-0.05, 0) is 29.3 Å². The van der Waals surface area contributed by atoms with Crippen LogP contribution in [0.3, 0.4) is 0 Å². The van der Waals surface area contributed by atoms with Crippen molar-refractivity contribution in [3.63, 3.8) is 0 Å². The Labute approximate surface area is 173 Å². The van der Waals surface area contributed by atoms with E-state index in [2.05, 4.69) is 15.5 Å². The Balaban J connectivity index is 1.63. The molecule has 0 aliphatic carbocycles. The van der Waals surface area contributed by atoms with Crippen molar-refractivity contribution in [2.45, 2.75) is 26.4 Å². The Morgan fingerprint density at radius 1 is 1.17 bits per heavy atom. The van der Waals surface area contributed by atoms with Crippen LogP contribution in [-0.2, 0) is 11.4 Å². The molecule has 6 nitrogen and oxygen atoms in total. The van der Waals surface area contributed by atoms with E-state index in [1.54, 1.807) is 24.3 Å². The third-order valence-corrected chi connectivity index (χ3v) is 5.10. The van der Waals surface area contributed by atoms with E-state index < -0.39 is 5.91 Å². The van der Waals surface area contributed by atoms with E-state index in [4.69, 9.17) is 4.74 Å². The fraction of sp³-hybridized carbons (Fsp3) is 0.182. The largest absolute Gasteiger partial charge is 0.489 e. The lowest BCUT2D eigenvalue weighted by Gasteiger charge is -2.06. The summed E-state index contributed by atoms with van der Waals surface area (Å²) in [5.41, 5.74) is 1.80. The van der Waals surface area contributed by atoms with Gasteiger partial charge in [0.1, 0.15) is 29.0 Å². The van der Waals surface area contributed by atoms with E-state index in [1.165, 1.54) is 17.4 Å². The van der Waals surface area contributed by atoms with Crippen LogP contribution in [0.1, 0.15) is 35.9 Å². The third-order valence-electron chi connectivity index (χ3n) is 3.96. The first-order valence-corrected chi connectivity index (χ1v) is 9.90.